The first-order chi connectivity index (χ1) is 10.1. The van der Waals surface area contributed by atoms with Crippen LogP contribution in [0.2, 0.25) is 0 Å². The van der Waals surface area contributed by atoms with Gasteiger partial charge in [0.25, 0.3) is 5.91 Å². The van der Waals surface area contributed by atoms with Crippen molar-refractivity contribution >= 4 is 28.8 Å². The highest BCUT2D eigenvalue weighted by atomic mass is 32.1. The van der Waals surface area contributed by atoms with Gasteiger partial charge in [0.15, 0.2) is 5.84 Å². The molecule has 0 spiro atoms. The lowest BCUT2D eigenvalue weighted by Crippen LogP contribution is -2.26. The molecule has 0 aliphatic carbocycles. The fourth-order valence-corrected chi connectivity index (χ4v) is 2.65. The summed E-state index contributed by atoms with van der Waals surface area (Å²) in [5.41, 5.74) is 6.73. The quantitative estimate of drug-likeness (QED) is 0.392. The van der Waals surface area contributed by atoms with Gasteiger partial charge in [-0.05, 0) is 23.6 Å². The summed E-state index contributed by atoms with van der Waals surface area (Å²) in [7, 11) is 3.19. The molecule has 3 N–H and O–H groups in total. The number of nitrogens with two attached hydrogens (primary N) is 1. The van der Waals surface area contributed by atoms with Crippen LogP contribution < -0.4 is 15.4 Å². The highest BCUT2D eigenvalue weighted by Gasteiger charge is 2.19. The maximum absolute atomic E-state index is 12.5. The van der Waals surface area contributed by atoms with Crippen LogP contribution >= 0.6 is 11.3 Å². The number of oxime groups is 1. The zero-order valence-electron chi connectivity index (χ0n) is 11.6. The molecule has 21 heavy (non-hydrogen) atoms. The molecule has 2 rings (SSSR count). The number of thiophene rings is 1. The second kappa shape index (κ2) is 6.27. The van der Waals surface area contributed by atoms with Crippen LogP contribution in [0.5, 0.6) is 5.75 Å². The Bertz CT molecular complexity index is 682. The molecule has 0 atom stereocenters. The zero-order valence-corrected chi connectivity index (χ0v) is 12.4. The third-order valence-electron chi connectivity index (χ3n) is 2.98. The second-order valence-electron chi connectivity index (χ2n) is 4.22. The second-order valence-corrected chi connectivity index (χ2v) is 5.13. The molecule has 110 valence electrons. The standard InChI is InChI=1S/C14H15N3O3S/c1-17(14(18)12-11(20-2)6-7-21-12)10-5-3-4-9(8-10)13(15)16-19/h3-8,19H,1-2H3,(H2,15,16). The van der Waals surface area contributed by atoms with Gasteiger partial charge in [-0.2, -0.15) is 0 Å². The molecule has 0 radical (unpaired) electrons. The largest absolute Gasteiger partial charge is 0.495 e. The van der Waals surface area contributed by atoms with E-state index in [2.05, 4.69) is 5.16 Å². The molecule has 1 aromatic heterocycles. The maximum atomic E-state index is 12.5. The molecule has 1 aromatic carbocycles. The van der Waals surface area contributed by atoms with Crippen molar-refractivity contribution in [2.75, 3.05) is 19.1 Å². The van der Waals surface area contributed by atoms with E-state index in [4.69, 9.17) is 15.7 Å². The number of carbonyl (C=O) groups is 1. The summed E-state index contributed by atoms with van der Waals surface area (Å²) in [5, 5.41) is 13.5. The van der Waals surface area contributed by atoms with E-state index in [1.54, 1.807) is 42.8 Å². The minimum absolute atomic E-state index is 0.00796. The Labute approximate surface area is 126 Å². The van der Waals surface area contributed by atoms with Crippen LogP contribution in [0.3, 0.4) is 0 Å². The van der Waals surface area contributed by atoms with Crippen molar-refractivity contribution in [3.8, 4) is 5.75 Å². The Morgan fingerprint density at radius 1 is 1.43 bits per heavy atom. The third-order valence-corrected chi connectivity index (χ3v) is 3.87. The summed E-state index contributed by atoms with van der Waals surface area (Å²) in [6.45, 7) is 0. The number of ether oxygens (including phenoxy) is 1. The van der Waals surface area contributed by atoms with E-state index in [1.807, 2.05) is 0 Å². The van der Waals surface area contributed by atoms with E-state index >= 15 is 0 Å². The number of amides is 1. The highest BCUT2D eigenvalue weighted by molar-refractivity contribution is 7.12. The van der Waals surface area contributed by atoms with Crippen molar-refractivity contribution in [3.63, 3.8) is 0 Å². The van der Waals surface area contributed by atoms with Crippen LogP contribution in [-0.4, -0.2) is 31.1 Å². The van der Waals surface area contributed by atoms with E-state index in [0.717, 1.165) is 0 Å². The Morgan fingerprint density at radius 3 is 2.86 bits per heavy atom. The van der Waals surface area contributed by atoms with Gasteiger partial charge in [-0.25, -0.2) is 0 Å². The van der Waals surface area contributed by atoms with Gasteiger partial charge >= 0.3 is 0 Å². The summed E-state index contributed by atoms with van der Waals surface area (Å²) in [6.07, 6.45) is 0. The first kappa shape index (κ1) is 14.9. The number of anilines is 1. The zero-order chi connectivity index (χ0) is 15.4. The monoisotopic (exact) mass is 305 g/mol. The third kappa shape index (κ3) is 2.97. The summed E-state index contributed by atoms with van der Waals surface area (Å²) < 4.78 is 5.16. The lowest BCUT2D eigenvalue weighted by atomic mass is 10.1. The number of carbonyl (C=O) groups excluding carboxylic acids is 1. The summed E-state index contributed by atoms with van der Waals surface area (Å²) in [5.74, 6) is 0.356. The van der Waals surface area contributed by atoms with Gasteiger partial charge < -0.3 is 20.6 Å². The number of rotatable bonds is 4. The van der Waals surface area contributed by atoms with Crippen molar-refractivity contribution in [2.24, 2.45) is 10.9 Å². The van der Waals surface area contributed by atoms with Crippen molar-refractivity contribution < 1.29 is 14.7 Å². The summed E-state index contributed by atoms with van der Waals surface area (Å²) >= 11 is 1.32. The molecule has 2 aromatic rings. The number of methoxy groups -OCH3 is 1. The van der Waals surface area contributed by atoms with Gasteiger partial charge in [0.2, 0.25) is 0 Å². The predicted octanol–water partition coefficient (Wildman–Crippen LogP) is 2.13. The van der Waals surface area contributed by atoms with E-state index in [0.29, 0.717) is 21.9 Å². The van der Waals surface area contributed by atoms with Gasteiger partial charge in [-0.3, -0.25) is 4.79 Å². The fraction of sp³-hybridized carbons (Fsp3) is 0.143. The molecule has 0 aliphatic heterocycles. The number of hydrogen-bond donors (Lipinski definition) is 2. The summed E-state index contributed by atoms with van der Waals surface area (Å²) in [4.78, 5) is 14.5. The number of hydrogen-bond acceptors (Lipinski definition) is 5. The van der Waals surface area contributed by atoms with E-state index in [-0.39, 0.29) is 11.7 Å². The van der Waals surface area contributed by atoms with Crippen molar-refractivity contribution in [1.29, 1.82) is 0 Å². The first-order valence-electron chi connectivity index (χ1n) is 6.06. The fourth-order valence-electron chi connectivity index (χ4n) is 1.82. The van der Waals surface area contributed by atoms with Crippen LogP contribution in [0.1, 0.15) is 15.2 Å². The Balaban J connectivity index is 2.32. The topological polar surface area (TPSA) is 88.2 Å². The van der Waals surface area contributed by atoms with Crippen LogP contribution in [0.4, 0.5) is 5.69 Å². The van der Waals surface area contributed by atoms with E-state index < -0.39 is 0 Å². The van der Waals surface area contributed by atoms with Crippen molar-refractivity contribution in [2.45, 2.75) is 0 Å². The predicted molar refractivity (Wildman–Crippen MR) is 82.6 cm³/mol. The number of benzene rings is 1. The maximum Gasteiger partial charge on any atom is 0.271 e. The van der Waals surface area contributed by atoms with Crippen molar-refractivity contribution in [3.05, 3.63) is 46.2 Å². The molecular formula is C14H15N3O3S. The van der Waals surface area contributed by atoms with Gasteiger partial charge in [0, 0.05) is 18.3 Å². The molecule has 0 bridgehead atoms. The SMILES string of the molecule is COc1ccsc1C(=O)N(C)c1cccc(/C(N)=N/O)c1. The Hall–Kier alpha value is -2.54. The van der Waals surface area contributed by atoms with Crippen LogP contribution in [0.15, 0.2) is 40.9 Å². The van der Waals surface area contributed by atoms with Gasteiger partial charge in [-0.15, -0.1) is 11.3 Å². The molecule has 6 nitrogen and oxygen atoms in total. The summed E-state index contributed by atoms with van der Waals surface area (Å²) in [6, 6.07) is 8.62. The molecular weight excluding hydrogens is 290 g/mol. The van der Waals surface area contributed by atoms with Gasteiger partial charge in [-0.1, -0.05) is 17.3 Å². The van der Waals surface area contributed by atoms with Crippen LogP contribution in [0.25, 0.3) is 0 Å². The Kier molecular flexibility index (Phi) is 4.44. The molecule has 0 unspecified atom stereocenters. The van der Waals surface area contributed by atoms with Gasteiger partial charge in [0.05, 0.1) is 7.11 Å². The van der Waals surface area contributed by atoms with Crippen LogP contribution in [-0.2, 0) is 0 Å². The minimum Gasteiger partial charge on any atom is -0.495 e. The number of amidine groups is 1. The molecule has 7 heteroatoms. The Morgan fingerprint density at radius 2 is 2.19 bits per heavy atom. The smallest absolute Gasteiger partial charge is 0.271 e. The van der Waals surface area contributed by atoms with Crippen molar-refractivity contribution in [1.82, 2.24) is 0 Å². The molecule has 1 amide bonds. The van der Waals surface area contributed by atoms with Gasteiger partial charge in [0.1, 0.15) is 10.6 Å². The van der Waals surface area contributed by atoms with E-state index in [1.165, 1.54) is 23.3 Å². The first-order valence-corrected chi connectivity index (χ1v) is 6.94. The molecule has 0 saturated heterocycles. The molecule has 0 aliphatic rings. The lowest BCUT2D eigenvalue weighted by molar-refractivity contribution is 0.0994. The highest BCUT2D eigenvalue weighted by Crippen LogP contribution is 2.27. The minimum atomic E-state index is -0.182. The average molecular weight is 305 g/mol. The number of nitrogens with zero attached hydrogens (tertiary/aromatic N) is 2. The van der Waals surface area contributed by atoms with E-state index in [9.17, 15) is 4.79 Å². The average Bonchev–Trinajstić information content (AvgIpc) is 3.01. The lowest BCUT2D eigenvalue weighted by Gasteiger charge is -2.17. The molecule has 0 saturated carbocycles. The molecule has 0 fully saturated rings. The molecule has 1 heterocycles. The van der Waals surface area contributed by atoms with Crippen LogP contribution in [0, 0.1) is 0 Å². The normalized spacial score (nSPS) is 11.2.